The van der Waals surface area contributed by atoms with Crippen molar-refractivity contribution in [2.45, 2.75) is 97.9 Å². The van der Waals surface area contributed by atoms with Crippen molar-refractivity contribution >= 4 is 40.6 Å². The number of halogens is 2. The lowest BCUT2D eigenvalue weighted by molar-refractivity contribution is -0.156. The van der Waals surface area contributed by atoms with Gasteiger partial charge in [-0.15, -0.1) is 6.58 Å². The summed E-state index contributed by atoms with van der Waals surface area (Å²) in [6.45, 7) is 15.2. The average Bonchev–Trinajstić information content (AvgIpc) is 3.58. The van der Waals surface area contributed by atoms with Gasteiger partial charge in [0.15, 0.2) is 5.15 Å². The zero-order valence-electron chi connectivity index (χ0n) is 28.7. The van der Waals surface area contributed by atoms with Crippen LogP contribution in [0.1, 0.15) is 73.6 Å². The number of nitrogens with zero attached hydrogens (tertiary/aromatic N) is 3. The number of nitrogens with one attached hydrogen (secondary N) is 1. The van der Waals surface area contributed by atoms with Crippen LogP contribution in [0.3, 0.4) is 0 Å². The Labute approximate surface area is 287 Å². The molecule has 12 heteroatoms. The van der Waals surface area contributed by atoms with Crippen LogP contribution >= 0.6 is 11.6 Å². The fourth-order valence-electron chi connectivity index (χ4n) is 7.17. The first-order valence-corrected chi connectivity index (χ1v) is 17.4. The predicted molar refractivity (Wildman–Crippen MR) is 180 cm³/mol. The number of esters is 1. The van der Waals surface area contributed by atoms with Crippen LogP contribution < -0.4 is 10.1 Å². The number of rotatable bonds is 12. The van der Waals surface area contributed by atoms with Crippen LogP contribution in [0.25, 0.3) is 11.0 Å². The number of benzene rings is 1. The fraction of sp³-hybridized carbons (Fsp3) is 0.639. The Morgan fingerprint density at radius 3 is 2.60 bits per heavy atom. The summed E-state index contributed by atoms with van der Waals surface area (Å²) in [5.74, 6) is -0.542. The van der Waals surface area contributed by atoms with Gasteiger partial charge in [0.05, 0.1) is 24.2 Å². The summed E-state index contributed by atoms with van der Waals surface area (Å²) in [6.07, 6.45) is 5.24. The van der Waals surface area contributed by atoms with Crippen molar-refractivity contribution in [3.05, 3.63) is 41.8 Å². The molecule has 1 aliphatic heterocycles. The molecule has 1 aromatic heterocycles. The molecular weight excluding hydrogens is 639 g/mol. The zero-order valence-corrected chi connectivity index (χ0v) is 29.5. The van der Waals surface area contributed by atoms with Gasteiger partial charge in [-0.2, -0.15) is 0 Å². The quantitative estimate of drug-likeness (QED) is 0.148. The second-order valence-corrected chi connectivity index (χ2v) is 15.5. The van der Waals surface area contributed by atoms with E-state index in [2.05, 4.69) is 21.9 Å². The van der Waals surface area contributed by atoms with Crippen molar-refractivity contribution in [3.8, 4) is 5.88 Å². The molecular formula is C36H48ClFN4O6. The molecule has 2 aromatic rings. The van der Waals surface area contributed by atoms with Crippen LogP contribution in [-0.2, 0) is 19.1 Å². The van der Waals surface area contributed by atoms with Crippen molar-refractivity contribution in [2.75, 3.05) is 13.2 Å². The first-order valence-electron chi connectivity index (χ1n) is 17.0. The largest absolute Gasteiger partial charge is 0.470 e. The zero-order chi connectivity index (χ0) is 34.9. The SMILES string of the molecule is C=CCCC[C@H]1[C@H](OC(=O)N[C@H](C(=O)N2C[C@H](Oc3nc4cc(F)ccc4nc3Cl)[C@@H](C)[C@H]2C(=O)OCC(C)C)C(C)(C)C)CC2C[C@@H]21. The van der Waals surface area contributed by atoms with Crippen molar-refractivity contribution in [2.24, 2.45) is 35.0 Å². The number of allylic oxidation sites excluding steroid dienone is 1. The maximum atomic E-state index is 14.4. The highest BCUT2D eigenvalue weighted by atomic mass is 35.5. The summed E-state index contributed by atoms with van der Waals surface area (Å²) in [5.41, 5.74) is -0.0916. The van der Waals surface area contributed by atoms with Gasteiger partial charge in [-0.1, -0.05) is 59.2 Å². The molecule has 10 nitrogen and oxygen atoms in total. The van der Waals surface area contributed by atoms with E-state index in [0.29, 0.717) is 23.3 Å². The molecule has 5 rings (SSSR count). The molecule has 2 aliphatic carbocycles. The van der Waals surface area contributed by atoms with Crippen LogP contribution in [0.15, 0.2) is 30.9 Å². The number of aromatic nitrogens is 2. The highest BCUT2D eigenvalue weighted by Gasteiger charge is 2.55. The second kappa shape index (κ2) is 14.6. The van der Waals surface area contributed by atoms with E-state index in [4.69, 9.17) is 25.8 Å². The highest BCUT2D eigenvalue weighted by Crippen LogP contribution is 2.57. The average molecular weight is 687 g/mol. The van der Waals surface area contributed by atoms with Crippen molar-refractivity contribution in [3.63, 3.8) is 0 Å². The van der Waals surface area contributed by atoms with Crippen LogP contribution in [0.4, 0.5) is 9.18 Å². The van der Waals surface area contributed by atoms with Gasteiger partial charge in [0.2, 0.25) is 5.91 Å². The van der Waals surface area contributed by atoms with E-state index in [9.17, 15) is 18.8 Å². The van der Waals surface area contributed by atoms with Crippen molar-refractivity contribution in [1.29, 1.82) is 0 Å². The summed E-state index contributed by atoms with van der Waals surface area (Å²) in [5, 5.41) is 2.83. The number of fused-ring (bicyclic) bond motifs is 2. The van der Waals surface area contributed by atoms with Crippen molar-refractivity contribution in [1.82, 2.24) is 20.2 Å². The number of alkyl carbamates (subject to hydrolysis) is 1. The van der Waals surface area contributed by atoms with Gasteiger partial charge in [-0.25, -0.2) is 23.9 Å². The number of ether oxygens (including phenoxy) is 3. The predicted octanol–water partition coefficient (Wildman–Crippen LogP) is 6.74. The topological polar surface area (TPSA) is 120 Å². The molecule has 0 radical (unpaired) electrons. The molecule has 0 bridgehead atoms. The van der Waals surface area contributed by atoms with Crippen LogP contribution in [0.5, 0.6) is 5.88 Å². The van der Waals surface area contributed by atoms with E-state index < -0.39 is 53.3 Å². The number of carbonyl (C=O) groups excluding carboxylic acids is 3. The van der Waals surface area contributed by atoms with E-state index in [-0.39, 0.29) is 41.7 Å². The van der Waals surface area contributed by atoms with E-state index in [1.807, 2.05) is 40.7 Å². The molecule has 1 unspecified atom stereocenters. The van der Waals surface area contributed by atoms with Crippen LogP contribution in [-0.4, -0.2) is 70.3 Å². The monoisotopic (exact) mass is 686 g/mol. The first kappa shape index (κ1) is 35.8. The molecule has 2 amide bonds. The summed E-state index contributed by atoms with van der Waals surface area (Å²) >= 11 is 6.42. The minimum atomic E-state index is -1.02. The lowest BCUT2D eigenvalue weighted by Gasteiger charge is -2.35. The minimum Gasteiger partial charge on any atom is -0.470 e. The number of hydrogen-bond acceptors (Lipinski definition) is 8. The van der Waals surface area contributed by atoms with Gasteiger partial charge in [0.25, 0.3) is 5.88 Å². The summed E-state index contributed by atoms with van der Waals surface area (Å²) in [6, 6.07) is 1.93. The van der Waals surface area contributed by atoms with Gasteiger partial charge < -0.3 is 24.4 Å². The number of unbranched alkanes of at least 4 members (excludes halogenated alkanes) is 1. The van der Waals surface area contributed by atoms with Crippen molar-refractivity contribution < 1.29 is 33.0 Å². The third-order valence-corrected chi connectivity index (χ3v) is 10.1. The third-order valence-electron chi connectivity index (χ3n) is 9.82. The molecule has 48 heavy (non-hydrogen) atoms. The van der Waals surface area contributed by atoms with Crippen LogP contribution in [0.2, 0.25) is 5.15 Å². The Morgan fingerprint density at radius 2 is 1.92 bits per heavy atom. The maximum absolute atomic E-state index is 14.4. The first-order chi connectivity index (χ1) is 22.7. The van der Waals surface area contributed by atoms with E-state index >= 15 is 0 Å². The molecule has 1 saturated heterocycles. The maximum Gasteiger partial charge on any atom is 0.408 e. The molecule has 3 fully saturated rings. The smallest absolute Gasteiger partial charge is 0.408 e. The molecule has 1 aromatic carbocycles. The summed E-state index contributed by atoms with van der Waals surface area (Å²) in [7, 11) is 0. The summed E-state index contributed by atoms with van der Waals surface area (Å²) < 4.78 is 31.8. The standard InChI is InChI=1S/C36H48ClFN4O6/c1-8-9-10-11-23-24-14-21(24)15-27(23)48-35(45)41-30(36(5,6)7)33(43)42-17-28(20(4)29(42)34(44)46-18-19(2)3)47-32-31(37)39-25-13-12-22(38)16-26(25)40-32/h8,12-13,16,19-21,23-24,27-30H,1,9-11,14-15,17-18H2,2-7H3,(H,41,45)/t20-,21?,23-,24+,27-,28+,29+,30-/m1/s1. The molecule has 3 aliphatic rings. The van der Waals surface area contributed by atoms with Gasteiger partial charge >= 0.3 is 12.1 Å². The molecule has 2 heterocycles. The Balaban J connectivity index is 1.35. The fourth-order valence-corrected chi connectivity index (χ4v) is 7.35. The molecule has 262 valence electrons. The van der Waals surface area contributed by atoms with Gasteiger partial charge in [0, 0.05) is 12.0 Å². The molecule has 0 spiro atoms. The van der Waals surface area contributed by atoms with Gasteiger partial charge in [-0.3, -0.25) is 4.79 Å². The molecule has 8 atom stereocenters. The lowest BCUT2D eigenvalue weighted by atomic mass is 9.85. The second-order valence-electron chi connectivity index (χ2n) is 15.1. The molecule has 2 saturated carbocycles. The van der Waals surface area contributed by atoms with Crippen LogP contribution in [0, 0.1) is 40.8 Å². The van der Waals surface area contributed by atoms with E-state index in [1.165, 1.54) is 29.5 Å². The minimum absolute atomic E-state index is 0.0126. The Bertz CT molecular complexity index is 1530. The Morgan fingerprint density at radius 1 is 1.17 bits per heavy atom. The Kier molecular flexibility index (Phi) is 10.9. The van der Waals surface area contributed by atoms with E-state index in [1.54, 1.807) is 6.92 Å². The normalized spacial score (nSPS) is 27.0. The Hall–Kier alpha value is -3.47. The van der Waals surface area contributed by atoms with Gasteiger partial charge in [-0.05, 0) is 73.3 Å². The summed E-state index contributed by atoms with van der Waals surface area (Å²) in [4.78, 5) is 51.5. The molecule has 1 N–H and O–H groups in total. The number of amides is 2. The van der Waals surface area contributed by atoms with Gasteiger partial charge in [0.1, 0.15) is 30.1 Å². The van der Waals surface area contributed by atoms with E-state index in [0.717, 1.165) is 25.7 Å². The lowest BCUT2D eigenvalue weighted by Crippen LogP contribution is -2.57. The third kappa shape index (κ3) is 8.04. The number of carbonyl (C=O) groups is 3. The highest BCUT2D eigenvalue weighted by molar-refractivity contribution is 6.31. The number of likely N-dealkylation sites (tertiary alicyclic amines) is 1. The number of hydrogen-bond donors (Lipinski definition) is 1.